The SMILES string of the molecule is C=CCC(=O)OC(C)(C)C(C)(C)OC(O)C(C)CCCCCC. The van der Waals surface area contributed by atoms with Gasteiger partial charge in [-0.1, -0.05) is 45.6 Å². The van der Waals surface area contributed by atoms with Crippen molar-refractivity contribution in [3.05, 3.63) is 12.7 Å². The Morgan fingerprint density at radius 3 is 2.30 bits per heavy atom. The molecule has 0 heterocycles. The third-order valence-electron chi connectivity index (χ3n) is 4.55. The van der Waals surface area contributed by atoms with Crippen LogP contribution >= 0.6 is 0 Å². The van der Waals surface area contributed by atoms with Crippen LogP contribution in [0.5, 0.6) is 0 Å². The second kappa shape index (κ2) is 10.1. The summed E-state index contributed by atoms with van der Waals surface area (Å²) >= 11 is 0. The molecule has 23 heavy (non-hydrogen) atoms. The number of unbranched alkanes of at least 4 members (excludes halogenated alkanes) is 3. The zero-order chi connectivity index (χ0) is 18.1. The highest BCUT2D eigenvalue weighted by atomic mass is 16.6. The van der Waals surface area contributed by atoms with Crippen LogP contribution in [0.4, 0.5) is 0 Å². The van der Waals surface area contributed by atoms with Gasteiger partial charge in [0.2, 0.25) is 0 Å². The molecule has 0 bridgehead atoms. The summed E-state index contributed by atoms with van der Waals surface area (Å²) in [5.41, 5.74) is -1.66. The maximum atomic E-state index is 11.7. The molecule has 0 radical (unpaired) electrons. The zero-order valence-corrected chi connectivity index (χ0v) is 15.9. The van der Waals surface area contributed by atoms with Crippen LogP contribution in [0.15, 0.2) is 12.7 Å². The average Bonchev–Trinajstić information content (AvgIpc) is 2.42. The zero-order valence-electron chi connectivity index (χ0n) is 15.9. The minimum atomic E-state index is -0.871. The van der Waals surface area contributed by atoms with Gasteiger partial charge in [0.25, 0.3) is 0 Å². The molecule has 2 atom stereocenters. The van der Waals surface area contributed by atoms with E-state index in [-0.39, 0.29) is 18.3 Å². The first kappa shape index (κ1) is 22.1. The van der Waals surface area contributed by atoms with Crippen LogP contribution in [0, 0.1) is 5.92 Å². The summed E-state index contributed by atoms with van der Waals surface area (Å²) in [6, 6.07) is 0. The lowest BCUT2D eigenvalue weighted by molar-refractivity contribution is -0.253. The molecule has 0 aromatic heterocycles. The maximum Gasteiger partial charge on any atom is 0.310 e. The molecule has 0 aromatic rings. The Balaban J connectivity index is 4.56. The van der Waals surface area contributed by atoms with Crippen LogP contribution in [-0.2, 0) is 14.3 Å². The smallest absolute Gasteiger partial charge is 0.310 e. The fraction of sp³-hybridized carbons (Fsp3) is 0.842. The topological polar surface area (TPSA) is 55.8 Å². The van der Waals surface area contributed by atoms with Crippen molar-refractivity contribution in [1.29, 1.82) is 0 Å². The average molecular weight is 328 g/mol. The van der Waals surface area contributed by atoms with Gasteiger partial charge in [0, 0.05) is 5.92 Å². The predicted octanol–water partition coefficient (Wildman–Crippen LogP) is 4.60. The first-order valence-corrected chi connectivity index (χ1v) is 8.76. The Labute approximate surface area is 142 Å². The molecule has 136 valence electrons. The monoisotopic (exact) mass is 328 g/mol. The molecule has 0 aliphatic heterocycles. The van der Waals surface area contributed by atoms with Gasteiger partial charge in [-0.2, -0.15) is 0 Å². The van der Waals surface area contributed by atoms with E-state index in [2.05, 4.69) is 13.5 Å². The van der Waals surface area contributed by atoms with E-state index in [0.29, 0.717) is 0 Å². The molecule has 0 aliphatic rings. The van der Waals surface area contributed by atoms with Gasteiger partial charge in [-0.15, -0.1) is 6.58 Å². The highest BCUT2D eigenvalue weighted by Gasteiger charge is 2.43. The summed E-state index contributed by atoms with van der Waals surface area (Å²) in [5, 5.41) is 10.3. The highest BCUT2D eigenvalue weighted by Crippen LogP contribution is 2.32. The number of aliphatic hydroxyl groups is 1. The van der Waals surface area contributed by atoms with Gasteiger partial charge < -0.3 is 14.6 Å². The van der Waals surface area contributed by atoms with Crippen molar-refractivity contribution in [2.24, 2.45) is 5.92 Å². The van der Waals surface area contributed by atoms with Crippen molar-refractivity contribution in [2.75, 3.05) is 0 Å². The predicted molar refractivity (Wildman–Crippen MR) is 94.1 cm³/mol. The van der Waals surface area contributed by atoms with Crippen LogP contribution < -0.4 is 0 Å². The van der Waals surface area contributed by atoms with Crippen LogP contribution in [0.25, 0.3) is 0 Å². The number of aliphatic hydroxyl groups excluding tert-OH is 1. The van der Waals surface area contributed by atoms with Crippen LogP contribution in [0.2, 0.25) is 0 Å². The van der Waals surface area contributed by atoms with Crippen LogP contribution in [0.3, 0.4) is 0 Å². The maximum absolute atomic E-state index is 11.7. The molecule has 0 fully saturated rings. The Morgan fingerprint density at radius 2 is 1.78 bits per heavy atom. The number of carbonyl (C=O) groups is 1. The van der Waals surface area contributed by atoms with E-state index in [1.54, 1.807) is 13.8 Å². The molecule has 1 N–H and O–H groups in total. The van der Waals surface area contributed by atoms with Crippen LogP contribution in [0.1, 0.15) is 80.1 Å². The van der Waals surface area contributed by atoms with E-state index >= 15 is 0 Å². The quantitative estimate of drug-likeness (QED) is 0.246. The molecule has 2 unspecified atom stereocenters. The molecule has 0 saturated carbocycles. The minimum Gasteiger partial charge on any atom is -0.456 e. The van der Waals surface area contributed by atoms with Gasteiger partial charge in [0.15, 0.2) is 6.29 Å². The molecule has 0 spiro atoms. The Kier molecular flexibility index (Phi) is 9.71. The van der Waals surface area contributed by atoms with Gasteiger partial charge in [-0.05, 0) is 34.1 Å². The number of hydrogen-bond acceptors (Lipinski definition) is 4. The molecule has 4 nitrogen and oxygen atoms in total. The number of esters is 1. The highest BCUT2D eigenvalue weighted by molar-refractivity contribution is 5.71. The molecular weight excluding hydrogens is 292 g/mol. The third-order valence-corrected chi connectivity index (χ3v) is 4.55. The normalized spacial score (nSPS) is 15.1. The molecule has 0 aliphatic carbocycles. The fourth-order valence-electron chi connectivity index (χ4n) is 2.16. The van der Waals surface area contributed by atoms with E-state index in [9.17, 15) is 9.90 Å². The number of carbonyl (C=O) groups excluding carboxylic acids is 1. The fourth-order valence-corrected chi connectivity index (χ4v) is 2.16. The van der Waals surface area contributed by atoms with E-state index in [1.807, 2.05) is 20.8 Å². The molecule has 0 aromatic carbocycles. The molecule has 0 saturated heterocycles. The van der Waals surface area contributed by atoms with Crippen molar-refractivity contribution < 1.29 is 19.4 Å². The second-order valence-corrected chi connectivity index (χ2v) is 7.32. The number of hydrogen-bond donors (Lipinski definition) is 1. The van der Waals surface area contributed by atoms with Crippen molar-refractivity contribution in [3.63, 3.8) is 0 Å². The summed E-state index contributed by atoms with van der Waals surface area (Å²) < 4.78 is 11.3. The molecule has 0 amide bonds. The minimum absolute atomic E-state index is 0.0470. The second-order valence-electron chi connectivity index (χ2n) is 7.32. The van der Waals surface area contributed by atoms with E-state index < -0.39 is 17.5 Å². The summed E-state index contributed by atoms with van der Waals surface area (Å²) in [7, 11) is 0. The van der Waals surface area contributed by atoms with Crippen molar-refractivity contribution in [1.82, 2.24) is 0 Å². The number of ether oxygens (including phenoxy) is 2. The van der Waals surface area contributed by atoms with E-state index in [4.69, 9.17) is 9.47 Å². The van der Waals surface area contributed by atoms with Crippen molar-refractivity contribution in [3.8, 4) is 0 Å². The largest absolute Gasteiger partial charge is 0.456 e. The van der Waals surface area contributed by atoms with Crippen molar-refractivity contribution in [2.45, 2.75) is 97.6 Å². The Bertz CT molecular complexity index is 360. The molecular formula is C19H36O4. The van der Waals surface area contributed by atoms with Gasteiger partial charge in [-0.25, -0.2) is 0 Å². The summed E-state index contributed by atoms with van der Waals surface area (Å²) in [4.78, 5) is 11.7. The van der Waals surface area contributed by atoms with Gasteiger partial charge in [-0.3, -0.25) is 4.79 Å². The van der Waals surface area contributed by atoms with Crippen molar-refractivity contribution >= 4 is 5.97 Å². The molecule has 0 rings (SSSR count). The summed E-state index contributed by atoms with van der Waals surface area (Å²) in [6.45, 7) is 15.0. The Hall–Kier alpha value is -0.870. The van der Waals surface area contributed by atoms with Gasteiger partial charge in [0.1, 0.15) is 11.2 Å². The van der Waals surface area contributed by atoms with Gasteiger partial charge >= 0.3 is 5.97 Å². The van der Waals surface area contributed by atoms with E-state index in [0.717, 1.165) is 12.8 Å². The lowest BCUT2D eigenvalue weighted by Crippen LogP contribution is -2.52. The standard InChI is InChI=1S/C19H36O4/c1-8-10-11-12-14-15(3)17(21)23-19(6,7)18(4,5)22-16(20)13-9-2/h9,15,17,21H,2,8,10-14H2,1,3-7H3. The summed E-state index contributed by atoms with van der Waals surface area (Å²) in [6.07, 6.45) is 6.43. The Morgan fingerprint density at radius 1 is 1.17 bits per heavy atom. The molecule has 4 heteroatoms. The first-order chi connectivity index (χ1) is 10.6. The third kappa shape index (κ3) is 7.98. The van der Waals surface area contributed by atoms with Crippen LogP contribution in [-0.4, -0.2) is 28.6 Å². The lowest BCUT2D eigenvalue weighted by Gasteiger charge is -2.42. The van der Waals surface area contributed by atoms with Gasteiger partial charge in [0.05, 0.1) is 6.42 Å². The lowest BCUT2D eigenvalue weighted by atomic mass is 9.88. The van der Waals surface area contributed by atoms with E-state index in [1.165, 1.54) is 25.3 Å². The number of rotatable bonds is 12. The summed E-state index contributed by atoms with van der Waals surface area (Å²) in [5.74, 6) is -0.297. The first-order valence-electron chi connectivity index (χ1n) is 8.76.